The third kappa shape index (κ3) is 4.64. The van der Waals surface area contributed by atoms with E-state index in [9.17, 15) is 4.79 Å². The average molecular weight is 340 g/mol. The van der Waals surface area contributed by atoms with Crippen LogP contribution in [0.4, 0.5) is 4.79 Å². The van der Waals surface area contributed by atoms with Crippen LogP contribution < -0.4 is 10.6 Å². The van der Waals surface area contributed by atoms with Crippen LogP contribution in [-0.2, 0) is 6.54 Å². The molecule has 2 saturated heterocycles. The molecule has 0 unspecified atom stereocenters. The summed E-state index contributed by atoms with van der Waals surface area (Å²) in [7, 11) is 0. The molecule has 1 aromatic rings. The first kappa shape index (κ1) is 16.1. The number of likely N-dealkylation sites (tertiary alicyclic amines) is 1. The lowest BCUT2D eigenvalue weighted by Gasteiger charge is -2.35. The Kier molecular flexibility index (Phi) is 6.04. The molecule has 0 aliphatic carbocycles. The fraction of sp³-hybridized carbons (Fsp3) is 0.688. The second-order valence-corrected chi connectivity index (χ2v) is 8.32. The molecule has 2 N–H and O–H groups in total. The highest BCUT2D eigenvalue weighted by molar-refractivity contribution is 7.99. The van der Waals surface area contributed by atoms with Crippen LogP contribution in [0, 0.1) is 5.92 Å². The van der Waals surface area contributed by atoms with Crippen molar-refractivity contribution < 1.29 is 4.79 Å². The largest absolute Gasteiger partial charge is 0.338 e. The van der Waals surface area contributed by atoms with E-state index < -0.39 is 0 Å². The van der Waals surface area contributed by atoms with Crippen molar-refractivity contribution in [3.8, 4) is 0 Å². The van der Waals surface area contributed by atoms with Crippen molar-refractivity contribution in [2.75, 3.05) is 31.1 Å². The molecule has 2 amide bonds. The molecule has 2 aliphatic heterocycles. The predicted octanol–water partition coefficient (Wildman–Crippen LogP) is 2.76. The molecule has 22 heavy (non-hydrogen) atoms. The minimum atomic E-state index is -0.0389. The Bertz CT molecular complexity index is 452. The van der Waals surface area contributed by atoms with Gasteiger partial charge in [-0.25, -0.2) is 4.79 Å². The second kappa shape index (κ2) is 8.22. The summed E-state index contributed by atoms with van der Waals surface area (Å²) in [6.45, 7) is 3.84. The standard InChI is InChI=1S/C16H25N3OS2/c20-16(18-11-15-2-1-8-22-15)17-10-13-3-6-19(7-4-13)14-5-9-21-12-14/h1-2,8,13-14H,3-7,9-12H2,(H2,17,18,20)/t14-/m1/s1. The molecule has 3 rings (SSSR count). The van der Waals surface area contributed by atoms with E-state index in [4.69, 9.17) is 0 Å². The van der Waals surface area contributed by atoms with Crippen LogP contribution in [0.1, 0.15) is 24.1 Å². The third-order valence-corrected chi connectivity index (χ3v) is 6.65. The average Bonchev–Trinajstić information content (AvgIpc) is 3.24. The van der Waals surface area contributed by atoms with E-state index in [2.05, 4.69) is 27.3 Å². The van der Waals surface area contributed by atoms with Crippen molar-refractivity contribution in [1.29, 1.82) is 0 Å². The van der Waals surface area contributed by atoms with Crippen LogP contribution in [0.15, 0.2) is 17.5 Å². The first-order chi connectivity index (χ1) is 10.8. The van der Waals surface area contributed by atoms with Crippen LogP contribution in [-0.4, -0.2) is 48.1 Å². The minimum absolute atomic E-state index is 0.0389. The Labute approximate surface area is 141 Å². The van der Waals surface area contributed by atoms with Gasteiger partial charge in [0.2, 0.25) is 0 Å². The number of amides is 2. The second-order valence-electron chi connectivity index (χ2n) is 6.14. The van der Waals surface area contributed by atoms with Crippen molar-refractivity contribution in [3.63, 3.8) is 0 Å². The van der Waals surface area contributed by atoms with Gasteiger partial charge in [-0.1, -0.05) is 6.07 Å². The van der Waals surface area contributed by atoms with Crippen molar-refractivity contribution in [3.05, 3.63) is 22.4 Å². The Balaban J connectivity index is 1.30. The zero-order valence-corrected chi connectivity index (χ0v) is 14.6. The summed E-state index contributed by atoms with van der Waals surface area (Å²) in [4.78, 5) is 15.7. The Morgan fingerprint density at radius 1 is 1.27 bits per heavy atom. The van der Waals surface area contributed by atoms with Gasteiger partial charge in [0, 0.05) is 23.2 Å². The highest BCUT2D eigenvalue weighted by atomic mass is 32.2. The number of hydrogen-bond donors (Lipinski definition) is 2. The van der Waals surface area contributed by atoms with Gasteiger partial charge < -0.3 is 10.6 Å². The number of carbonyl (C=O) groups is 1. The fourth-order valence-corrected chi connectivity index (χ4v) is 5.11. The molecule has 1 atom stereocenters. The maximum atomic E-state index is 11.8. The maximum Gasteiger partial charge on any atom is 0.315 e. The molecular formula is C16H25N3OS2. The van der Waals surface area contributed by atoms with Gasteiger partial charge in [0.05, 0.1) is 6.54 Å². The summed E-state index contributed by atoms with van der Waals surface area (Å²) in [6.07, 6.45) is 3.79. The molecule has 0 radical (unpaired) electrons. The minimum Gasteiger partial charge on any atom is -0.338 e. The lowest BCUT2D eigenvalue weighted by molar-refractivity contribution is 0.143. The highest BCUT2D eigenvalue weighted by Gasteiger charge is 2.27. The van der Waals surface area contributed by atoms with Gasteiger partial charge in [0.15, 0.2) is 0 Å². The Morgan fingerprint density at radius 2 is 2.14 bits per heavy atom. The molecule has 1 aromatic heterocycles. The van der Waals surface area contributed by atoms with E-state index in [-0.39, 0.29) is 6.03 Å². The van der Waals surface area contributed by atoms with E-state index in [1.54, 1.807) is 11.3 Å². The predicted molar refractivity (Wildman–Crippen MR) is 94.6 cm³/mol. The van der Waals surface area contributed by atoms with Gasteiger partial charge in [-0.15, -0.1) is 11.3 Å². The van der Waals surface area contributed by atoms with Gasteiger partial charge in [0.25, 0.3) is 0 Å². The van der Waals surface area contributed by atoms with E-state index in [0.29, 0.717) is 12.5 Å². The van der Waals surface area contributed by atoms with E-state index >= 15 is 0 Å². The zero-order valence-electron chi connectivity index (χ0n) is 12.9. The van der Waals surface area contributed by atoms with Gasteiger partial charge in [-0.3, -0.25) is 4.90 Å². The summed E-state index contributed by atoms with van der Waals surface area (Å²) in [6, 6.07) is 4.83. The highest BCUT2D eigenvalue weighted by Crippen LogP contribution is 2.26. The summed E-state index contributed by atoms with van der Waals surface area (Å²) in [5, 5.41) is 7.99. The summed E-state index contributed by atoms with van der Waals surface area (Å²) in [5.74, 6) is 3.28. The van der Waals surface area contributed by atoms with Crippen LogP contribution in [0.25, 0.3) is 0 Å². The molecular weight excluding hydrogens is 314 g/mol. The molecule has 0 spiro atoms. The van der Waals surface area contributed by atoms with Crippen molar-refractivity contribution >= 4 is 29.1 Å². The van der Waals surface area contributed by atoms with Crippen molar-refractivity contribution in [2.24, 2.45) is 5.92 Å². The van der Waals surface area contributed by atoms with Crippen LogP contribution in [0.2, 0.25) is 0 Å². The van der Waals surface area contributed by atoms with E-state index in [1.807, 2.05) is 17.5 Å². The topological polar surface area (TPSA) is 44.4 Å². The number of thiophene rings is 1. The quantitative estimate of drug-likeness (QED) is 0.867. The summed E-state index contributed by atoms with van der Waals surface area (Å²) in [5.41, 5.74) is 0. The number of thioether (sulfide) groups is 1. The van der Waals surface area contributed by atoms with Crippen LogP contribution >= 0.6 is 23.1 Å². The lowest BCUT2D eigenvalue weighted by Crippen LogP contribution is -2.44. The van der Waals surface area contributed by atoms with Gasteiger partial charge in [-0.05, 0) is 55.5 Å². The first-order valence-electron chi connectivity index (χ1n) is 8.17. The number of carbonyl (C=O) groups excluding carboxylic acids is 1. The molecule has 0 bridgehead atoms. The summed E-state index contributed by atoms with van der Waals surface area (Å²) >= 11 is 3.76. The number of hydrogen-bond acceptors (Lipinski definition) is 4. The first-order valence-corrected chi connectivity index (χ1v) is 10.2. The molecule has 122 valence electrons. The van der Waals surface area contributed by atoms with Gasteiger partial charge in [0.1, 0.15) is 0 Å². The van der Waals surface area contributed by atoms with Crippen LogP contribution in [0.5, 0.6) is 0 Å². The molecule has 0 saturated carbocycles. The number of nitrogens with one attached hydrogen (secondary N) is 2. The number of urea groups is 1. The van der Waals surface area contributed by atoms with E-state index in [1.165, 1.54) is 48.7 Å². The van der Waals surface area contributed by atoms with Gasteiger partial charge >= 0.3 is 6.03 Å². The fourth-order valence-electron chi connectivity index (χ4n) is 3.21. The Hall–Kier alpha value is -0.720. The molecule has 2 aliphatic rings. The molecule has 4 nitrogen and oxygen atoms in total. The SMILES string of the molecule is O=C(NCc1cccs1)NCC1CCN([C@@H]2CCSC2)CC1. The zero-order chi connectivity index (χ0) is 15.2. The monoisotopic (exact) mass is 339 g/mol. The lowest BCUT2D eigenvalue weighted by atomic mass is 9.95. The maximum absolute atomic E-state index is 11.8. The van der Waals surface area contributed by atoms with Gasteiger partial charge in [-0.2, -0.15) is 11.8 Å². The van der Waals surface area contributed by atoms with Crippen LogP contribution in [0.3, 0.4) is 0 Å². The number of piperidine rings is 1. The van der Waals surface area contributed by atoms with Crippen molar-refractivity contribution in [1.82, 2.24) is 15.5 Å². The molecule has 2 fully saturated rings. The number of nitrogens with zero attached hydrogens (tertiary/aromatic N) is 1. The molecule has 3 heterocycles. The van der Waals surface area contributed by atoms with E-state index in [0.717, 1.165) is 12.6 Å². The molecule has 0 aromatic carbocycles. The third-order valence-electron chi connectivity index (χ3n) is 4.63. The number of rotatable bonds is 5. The van der Waals surface area contributed by atoms with Crippen molar-refractivity contribution in [2.45, 2.75) is 31.8 Å². The summed E-state index contributed by atoms with van der Waals surface area (Å²) < 4.78 is 0. The normalized spacial score (nSPS) is 23.5. The molecule has 6 heteroatoms. The Morgan fingerprint density at radius 3 is 2.82 bits per heavy atom. The smallest absolute Gasteiger partial charge is 0.315 e.